The van der Waals surface area contributed by atoms with Gasteiger partial charge in [-0.3, -0.25) is 0 Å². The van der Waals surface area contributed by atoms with E-state index in [2.05, 4.69) is 4.72 Å². The largest absolute Gasteiger partial charge is 0.396 e. The van der Waals surface area contributed by atoms with Crippen molar-refractivity contribution in [1.82, 2.24) is 4.72 Å². The fraction of sp³-hybridized carbons (Fsp3) is 1.00. The molecule has 0 amide bonds. The predicted molar refractivity (Wildman–Crippen MR) is 57.6 cm³/mol. The third kappa shape index (κ3) is 3.94. The average Bonchev–Trinajstić information content (AvgIpc) is 2.21. The third-order valence-electron chi connectivity index (χ3n) is 2.88. The lowest BCUT2D eigenvalue weighted by Gasteiger charge is -2.29. The Morgan fingerprint density at radius 3 is 2.00 bits per heavy atom. The monoisotopic (exact) mass is 223 g/mol. The van der Waals surface area contributed by atoms with Crippen molar-refractivity contribution in [2.45, 2.75) is 33.6 Å². The zero-order valence-electron chi connectivity index (χ0n) is 9.21. The first-order chi connectivity index (χ1) is 6.45. The number of hydrogen-bond donors (Lipinski definition) is 2. The Bertz CT molecular complexity index is 237. The van der Waals surface area contributed by atoms with Crippen molar-refractivity contribution in [3.8, 4) is 0 Å². The summed E-state index contributed by atoms with van der Waals surface area (Å²) in [4.78, 5) is 0. The molecule has 0 heterocycles. The molecule has 0 aromatic heterocycles. The first kappa shape index (κ1) is 13.9. The number of sulfonamides is 1. The zero-order valence-corrected chi connectivity index (χ0v) is 10.0. The van der Waals surface area contributed by atoms with Crippen LogP contribution >= 0.6 is 0 Å². The lowest BCUT2D eigenvalue weighted by atomic mass is 9.84. The second-order valence-electron chi connectivity index (χ2n) is 3.59. The van der Waals surface area contributed by atoms with Gasteiger partial charge in [0.05, 0.1) is 5.75 Å². The van der Waals surface area contributed by atoms with Gasteiger partial charge in [0, 0.05) is 18.6 Å². The van der Waals surface area contributed by atoms with Crippen LogP contribution in [0, 0.1) is 5.41 Å². The molecule has 0 spiro atoms. The fourth-order valence-corrected chi connectivity index (χ4v) is 1.87. The van der Waals surface area contributed by atoms with E-state index in [0.29, 0.717) is 6.54 Å². The quantitative estimate of drug-likeness (QED) is 0.668. The van der Waals surface area contributed by atoms with E-state index in [-0.39, 0.29) is 17.8 Å². The Morgan fingerprint density at radius 2 is 1.71 bits per heavy atom. The molecular weight excluding hydrogens is 202 g/mol. The summed E-state index contributed by atoms with van der Waals surface area (Å²) in [5, 5.41) is 9.21. The van der Waals surface area contributed by atoms with Gasteiger partial charge in [-0.1, -0.05) is 13.8 Å². The van der Waals surface area contributed by atoms with Crippen molar-refractivity contribution in [3.05, 3.63) is 0 Å². The highest BCUT2D eigenvalue weighted by atomic mass is 32.2. The molecule has 0 saturated carbocycles. The standard InChI is InChI=1S/C9H21NO3S/c1-4-9(5-2,8-11)7-10-14(12,13)6-3/h10-11H,4-8H2,1-3H3. The molecule has 0 aromatic rings. The molecular formula is C9H21NO3S. The number of aliphatic hydroxyl groups excluding tert-OH is 1. The summed E-state index contributed by atoms with van der Waals surface area (Å²) in [6, 6.07) is 0. The first-order valence-corrected chi connectivity index (χ1v) is 6.68. The summed E-state index contributed by atoms with van der Waals surface area (Å²) in [7, 11) is -3.14. The predicted octanol–water partition coefficient (Wildman–Crippen LogP) is 0.724. The van der Waals surface area contributed by atoms with Crippen molar-refractivity contribution >= 4 is 10.0 Å². The van der Waals surface area contributed by atoms with Gasteiger partial charge in [0.2, 0.25) is 10.0 Å². The van der Waals surface area contributed by atoms with E-state index < -0.39 is 10.0 Å². The fourth-order valence-electron chi connectivity index (χ4n) is 1.14. The molecule has 0 bridgehead atoms. The Morgan fingerprint density at radius 1 is 1.21 bits per heavy atom. The molecule has 5 heteroatoms. The lowest BCUT2D eigenvalue weighted by Crippen LogP contribution is -2.39. The van der Waals surface area contributed by atoms with Gasteiger partial charge in [-0.15, -0.1) is 0 Å². The van der Waals surface area contributed by atoms with E-state index in [9.17, 15) is 13.5 Å². The molecule has 0 aliphatic rings. The Kier molecular flexibility index (Phi) is 5.63. The highest BCUT2D eigenvalue weighted by Gasteiger charge is 2.26. The normalized spacial score (nSPS) is 13.1. The molecule has 86 valence electrons. The zero-order chi connectivity index (χ0) is 11.2. The topological polar surface area (TPSA) is 66.4 Å². The van der Waals surface area contributed by atoms with E-state index in [4.69, 9.17) is 0 Å². The SMILES string of the molecule is CCC(CC)(CO)CNS(=O)(=O)CC. The van der Waals surface area contributed by atoms with Gasteiger partial charge in [-0.25, -0.2) is 13.1 Å². The van der Waals surface area contributed by atoms with E-state index in [1.165, 1.54) is 0 Å². The second-order valence-corrected chi connectivity index (χ2v) is 5.69. The van der Waals surface area contributed by atoms with Crippen LogP contribution in [0.4, 0.5) is 0 Å². The van der Waals surface area contributed by atoms with Crippen molar-refractivity contribution in [2.75, 3.05) is 18.9 Å². The van der Waals surface area contributed by atoms with Crippen LogP contribution in [-0.2, 0) is 10.0 Å². The molecule has 0 saturated heterocycles. The Hall–Kier alpha value is -0.130. The Balaban J connectivity index is 4.34. The number of nitrogens with one attached hydrogen (secondary N) is 1. The van der Waals surface area contributed by atoms with Crippen molar-refractivity contribution < 1.29 is 13.5 Å². The van der Waals surface area contributed by atoms with Crippen LogP contribution in [0.15, 0.2) is 0 Å². The number of rotatable bonds is 7. The van der Waals surface area contributed by atoms with Crippen LogP contribution in [0.25, 0.3) is 0 Å². The summed E-state index contributed by atoms with van der Waals surface area (Å²) in [6.07, 6.45) is 1.54. The van der Waals surface area contributed by atoms with Crippen LogP contribution in [0.1, 0.15) is 33.6 Å². The smallest absolute Gasteiger partial charge is 0.211 e. The number of aliphatic hydroxyl groups is 1. The minimum absolute atomic E-state index is 0.0201. The molecule has 14 heavy (non-hydrogen) atoms. The van der Waals surface area contributed by atoms with E-state index >= 15 is 0 Å². The van der Waals surface area contributed by atoms with Gasteiger partial charge in [0.15, 0.2) is 0 Å². The Labute approximate surface area is 86.8 Å². The molecule has 0 atom stereocenters. The van der Waals surface area contributed by atoms with Crippen LogP contribution in [-0.4, -0.2) is 32.4 Å². The van der Waals surface area contributed by atoms with Crippen molar-refractivity contribution in [3.63, 3.8) is 0 Å². The maximum absolute atomic E-state index is 11.2. The van der Waals surface area contributed by atoms with Crippen LogP contribution in [0.5, 0.6) is 0 Å². The minimum Gasteiger partial charge on any atom is -0.396 e. The lowest BCUT2D eigenvalue weighted by molar-refractivity contribution is 0.119. The van der Waals surface area contributed by atoms with Crippen molar-refractivity contribution in [2.24, 2.45) is 5.41 Å². The van der Waals surface area contributed by atoms with Gasteiger partial charge >= 0.3 is 0 Å². The van der Waals surface area contributed by atoms with Gasteiger partial charge in [0.1, 0.15) is 0 Å². The highest BCUT2D eigenvalue weighted by molar-refractivity contribution is 7.89. The molecule has 0 aliphatic carbocycles. The van der Waals surface area contributed by atoms with E-state index in [1.807, 2.05) is 13.8 Å². The number of hydrogen-bond acceptors (Lipinski definition) is 3. The van der Waals surface area contributed by atoms with Gasteiger partial charge in [-0.2, -0.15) is 0 Å². The van der Waals surface area contributed by atoms with E-state index in [1.54, 1.807) is 6.92 Å². The maximum atomic E-state index is 11.2. The summed E-state index contributed by atoms with van der Waals surface area (Å²) in [5.41, 5.74) is -0.303. The molecule has 0 fully saturated rings. The van der Waals surface area contributed by atoms with Crippen molar-refractivity contribution in [1.29, 1.82) is 0 Å². The molecule has 0 unspecified atom stereocenters. The molecule has 0 radical (unpaired) electrons. The third-order valence-corrected chi connectivity index (χ3v) is 4.23. The summed E-state index contributed by atoms with van der Waals surface area (Å²) in [5.74, 6) is 0.0853. The summed E-state index contributed by atoms with van der Waals surface area (Å²) < 4.78 is 24.9. The van der Waals surface area contributed by atoms with Gasteiger partial charge in [-0.05, 0) is 19.8 Å². The molecule has 0 aliphatic heterocycles. The van der Waals surface area contributed by atoms with E-state index in [0.717, 1.165) is 12.8 Å². The van der Waals surface area contributed by atoms with Gasteiger partial charge in [0.25, 0.3) is 0 Å². The van der Waals surface area contributed by atoms with Gasteiger partial charge < -0.3 is 5.11 Å². The van der Waals surface area contributed by atoms with Crippen LogP contribution in [0.3, 0.4) is 0 Å². The average molecular weight is 223 g/mol. The molecule has 4 nitrogen and oxygen atoms in total. The molecule has 2 N–H and O–H groups in total. The summed E-state index contributed by atoms with van der Waals surface area (Å²) in [6.45, 7) is 5.86. The highest BCUT2D eigenvalue weighted by Crippen LogP contribution is 2.24. The van der Waals surface area contributed by atoms with Crippen LogP contribution < -0.4 is 4.72 Å². The van der Waals surface area contributed by atoms with Crippen LogP contribution in [0.2, 0.25) is 0 Å². The molecule has 0 aromatic carbocycles. The second kappa shape index (κ2) is 5.68. The summed E-state index contributed by atoms with van der Waals surface area (Å²) >= 11 is 0. The minimum atomic E-state index is -3.14. The first-order valence-electron chi connectivity index (χ1n) is 5.03. The maximum Gasteiger partial charge on any atom is 0.211 e. The molecule has 0 rings (SSSR count).